The molecule has 1 aliphatic carbocycles. The quantitative estimate of drug-likeness (QED) is 0.609. The molecule has 0 unspecified atom stereocenters. The number of ketones is 1. The monoisotopic (exact) mass is 264 g/mol. The van der Waals surface area contributed by atoms with Crippen LogP contribution in [0.1, 0.15) is 17.9 Å². The molecule has 0 bridgehead atoms. The Hall–Kier alpha value is -1.61. The van der Waals surface area contributed by atoms with E-state index in [0.29, 0.717) is 11.5 Å². The molecule has 4 heteroatoms. The van der Waals surface area contributed by atoms with Crippen molar-refractivity contribution < 1.29 is 14.3 Å². The van der Waals surface area contributed by atoms with Gasteiger partial charge in [-0.3, -0.25) is 9.59 Å². The number of benzene rings is 1. The SMILES string of the molecule is COC(=O)[C@H]1C(=O)C=C(Cl)C[C@@H]1c1ccccc1. The lowest BCUT2D eigenvalue weighted by atomic mass is 9.78. The Kier molecular flexibility index (Phi) is 3.82. The molecule has 94 valence electrons. The lowest BCUT2D eigenvalue weighted by molar-refractivity contribution is -0.149. The van der Waals surface area contributed by atoms with Crippen LogP contribution in [0.4, 0.5) is 0 Å². The highest BCUT2D eigenvalue weighted by Gasteiger charge is 2.38. The van der Waals surface area contributed by atoms with Crippen LogP contribution in [0.25, 0.3) is 0 Å². The van der Waals surface area contributed by atoms with Crippen LogP contribution in [0.5, 0.6) is 0 Å². The zero-order valence-electron chi connectivity index (χ0n) is 9.93. The molecule has 0 saturated carbocycles. The van der Waals surface area contributed by atoms with Crippen molar-refractivity contribution in [2.24, 2.45) is 5.92 Å². The van der Waals surface area contributed by atoms with Crippen LogP contribution in [0.3, 0.4) is 0 Å². The van der Waals surface area contributed by atoms with Crippen LogP contribution in [-0.2, 0) is 14.3 Å². The highest BCUT2D eigenvalue weighted by Crippen LogP contribution is 2.37. The minimum absolute atomic E-state index is 0.247. The zero-order valence-corrected chi connectivity index (χ0v) is 10.7. The molecule has 0 heterocycles. The molecule has 3 nitrogen and oxygen atoms in total. The topological polar surface area (TPSA) is 43.4 Å². The maximum Gasteiger partial charge on any atom is 0.317 e. The van der Waals surface area contributed by atoms with Crippen LogP contribution in [0.2, 0.25) is 0 Å². The number of hydrogen-bond donors (Lipinski definition) is 0. The van der Waals surface area contributed by atoms with Gasteiger partial charge >= 0.3 is 5.97 Å². The zero-order chi connectivity index (χ0) is 13.1. The molecule has 0 amide bonds. The third-order valence-electron chi connectivity index (χ3n) is 3.11. The summed E-state index contributed by atoms with van der Waals surface area (Å²) in [6.07, 6.45) is 1.81. The number of hydrogen-bond acceptors (Lipinski definition) is 3. The van der Waals surface area contributed by atoms with Gasteiger partial charge in [-0.05, 0) is 18.1 Å². The molecule has 0 aliphatic heterocycles. The van der Waals surface area contributed by atoms with Gasteiger partial charge in [0.1, 0.15) is 5.92 Å². The van der Waals surface area contributed by atoms with Crippen LogP contribution in [0.15, 0.2) is 41.4 Å². The van der Waals surface area contributed by atoms with Crippen LogP contribution in [-0.4, -0.2) is 18.9 Å². The van der Waals surface area contributed by atoms with Crippen molar-refractivity contribution in [3.63, 3.8) is 0 Å². The van der Waals surface area contributed by atoms with Crippen molar-refractivity contribution in [3.05, 3.63) is 47.0 Å². The number of carbonyl (C=O) groups excluding carboxylic acids is 2. The summed E-state index contributed by atoms with van der Waals surface area (Å²) in [6.45, 7) is 0. The number of ether oxygens (including phenoxy) is 1. The van der Waals surface area contributed by atoms with Crippen molar-refractivity contribution in [2.75, 3.05) is 7.11 Å². The Morgan fingerprint density at radius 2 is 2.00 bits per heavy atom. The van der Waals surface area contributed by atoms with Gasteiger partial charge in [-0.15, -0.1) is 0 Å². The molecule has 0 aromatic heterocycles. The summed E-state index contributed by atoms with van der Waals surface area (Å²) in [5, 5.41) is 0.481. The minimum atomic E-state index is -0.792. The van der Waals surface area contributed by atoms with Crippen molar-refractivity contribution in [1.82, 2.24) is 0 Å². The second kappa shape index (κ2) is 5.36. The molecule has 0 fully saturated rings. The Labute approximate surface area is 110 Å². The summed E-state index contributed by atoms with van der Waals surface area (Å²) in [7, 11) is 1.29. The van der Waals surface area contributed by atoms with E-state index in [2.05, 4.69) is 0 Å². The maximum absolute atomic E-state index is 11.9. The van der Waals surface area contributed by atoms with Crippen molar-refractivity contribution in [2.45, 2.75) is 12.3 Å². The molecule has 0 saturated heterocycles. The van der Waals surface area contributed by atoms with Gasteiger partial charge in [0.2, 0.25) is 0 Å². The number of allylic oxidation sites excluding steroid dienone is 2. The van der Waals surface area contributed by atoms with Crippen LogP contribution >= 0.6 is 11.6 Å². The van der Waals surface area contributed by atoms with Gasteiger partial charge < -0.3 is 4.74 Å². The third kappa shape index (κ3) is 2.46. The van der Waals surface area contributed by atoms with Gasteiger partial charge in [-0.1, -0.05) is 41.9 Å². The highest BCUT2D eigenvalue weighted by molar-refractivity contribution is 6.32. The van der Waals surface area contributed by atoms with Crippen molar-refractivity contribution >= 4 is 23.4 Å². The van der Waals surface area contributed by atoms with Crippen molar-refractivity contribution in [3.8, 4) is 0 Å². The van der Waals surface area contributed by atoms with E-state index in [0.717, 1.165) is 5.56 Å². The number of halogens is 1. The number of carbonyl (C=O) groups is 2. The van der Waals surface area contributed by atoms with Gasteiger partial charge in [-0.25, -0.2) is 0 Å². The van der Waals surface area contributed by atoms with E-state index >= 15 is 0 Å². The lowest BCUT2D eigenvalue weighted by Crippen LogP contribution is -2.33. The Morgan fingerprint density at radius 3 is 2.61 bits per heavy atom. The Morgan fingerprint density at radius 1 is 1.33 bits per heavy atom. The third-order valence-corrected chi connectivity index (χ3v) is 3.37. The van der Waals surface area contributed by atoms with Crippen LogP contribution < -0.4 is 0 Å². The normalized spacial score (nSPS) is 23.4. The predicted molar refractivity (Wildman–Crippen MR) is 68.2 cm³/mol. The predicted octanol–water partition coefficient (Wildman–Crippen LogP) is 2.65. The first kappa shape index (κ1) is 12.8. The van der Waals surface area contributed by atoms with Gasteiger partial charge in [0, 0.05) is 11.0 Å². The standard InChI is InChI=1S/C14H13ClO3/c1-18-14(17)13-11(7-10(15)8-12(13)16)9-5-3-2-4-6-9/h2-6,8,11,13H,7H2,1H3/t11-,13-/m1/s1. The molecule has 0 spiro atoms. The summed E-state index contributed by atoms with van der Waals surface area (Å²) >= 11 is 5.96. The number of esters is 1. The van der Waals surface area contributed by atoms with Gasteiger partial charge in [0.15, 0.2) is 5.78 Å². The summed E-state index contributed by atoms with van der Waals surface area (Å²) in [4.78, 5) is 23.7. The molecule has 1 aromatic rings. The maximum atomic E-state index is 11.9. The van der Waals surface area contributed by atoms with E-state index in [-0.39, 0.29) is 11.7 Å². The largest absolute Gasteiger partial charge is 0.468 e. The lowest BCUT2D eigenvalue weighted by Gasteiger charge is -2.27. The summed E-state index contributed by atoms with van der Waals surface area (Å²) in [5.74, 6) is -1.83. The minimum Gasteiger partial charge on any atom is -0.468 e. The van der Waals surface area contributed by atoms with E-state index in [9.17, 15) is 9.59 Å². The number of rotatable bonds is 2. The molecule has 2 atom stereocenters. The first-order valence-corrected chi connectivity index (χ1v) is 6.04. The van der Waals surface area contributed by atoms with E-state index in [4.69, 9.17) is 16.3 Å². The van der Waals surface area contributed by atoms with E-state index < -0.39 is 11.9 Å². The average molecular weight is 265 g/mol. The van der Waals surface area contributed by atoms with Crippen LogP contribution in [0, 0.1) is 5.92 Å². The molecule has 18 heavy (non-hydrogen) atoms. The Bertz CT molecular complexity index is 493. The summed E-state index contributed by atoms with van der Waals surface area (Å²) in [6, 6.07) is 9.42. The summed E-state index contributed by atoms with van der Waals surface area (Å²) < 4.78 is 4.71. The van der Waals surface area contributed by atoms with E-state index in [1.54, 1.807) is 0 Å². The average Bonchev–Trinajstić information content (AvgIpc) is 2.38. The molecule has 1 aromatic carbocycles. The summed E-state index contributed by atoms with van der Waals surface area (Å²) in [5.41, 5.74) is 0.924. The fraction of sp³-hybridized carbons (Fsp3) is 0.286. The number of methoxy groups -OCH3 is 1. The molecular weight excluding hydrogens is 252 g/mol. The van der Waals surface area contributed by atoms with Gasteiger partial charge in [0.25, 0.3) is 0 Å². The van der Waals surface area contributed by atoms with Crippen molar-refractivity contribution in [1.29, 1.82) is 0 Å². The molecule has 2 rings (SSSR count). The Balaban J connectivity index is 2.40. The first-order valence-electron chi connectivity index (χ1n) is 5.66. The second-order valence-electron chi connectivity index (χ2n) is 4.22. The fourth-order valence-corrected chi connectivity index (χ4v) is 2.52. The van der Waals surface area contributed by atoms with E-state index in [1.807, 2.05) is 30.3 Å². The molecular formula is C14H13ClO3. The smallest absolute Gasteiger partial charge is 0.317 e. The molecule has 0 radical (unpaired) electrons. The second-order valence-corrected chi connectivity index (χ2v) is 4.70. The van der Waals surface area contributed by atoms with E-state index in [1.165, 1.54) is 13.2 Å². The molecule has 1 aliphatic rings. The highest BCUT2D eigenvalue weighted by atomic mass is 35.5. The first-order chi connectivity index (χ1) is 8.63. The van der Waals surface area contributed by atoms with Gasteiger partial charge in [-0.2, -0.15) is 0 Å². The van der Waals surface area contributed by atoms with Gasteiger partial charge in [0.05, 0.1) is 7.11 Å². The molecule has 0 N–H and O–H groups in total. The fourth-order valence-electron chi connectivity index (χ4n) is 2.25.